The zero-order valence-electron chi connectivity index (χ0n) is 11.0. The van der Waals surface area contributed by atoms with Crippen LogP contribution in [0.2, 0.25) is 0 Å². The Morgan fingerprint density at radius 2 is 2.17 bits per heavy atom. The zero-order chi connectivity index (χ0) is 13.4. The molecule has 0 heterocycles. The first-order valence-corrected chi connectivity index (χ1v) is 6.27. The molecule has 0 aliphatic carbocycles. The fraction of sp³-hybridized carbons (Fsp3) is 0.400. The van der Waals surface area contributed by atoms with Crippen molar-refractivity contribution in [1.29, 1.82) is 0 Å². The van der Waals surface area contributed by atoms with E-state index in [2.05, 4.69) is 24.1 Å². The number of hydrogen-bond acceptors (Lipinski definition) is 2. The number of para-hydroxylation sites is 1. The molecule has 1 aromatic rings. The molecule has 0 aliphatic rings. The minimum Gasteiger partial charge on any atom is -0.325 e. The molecule has 3 nitrogen and oxygen atoms in total. The topological polar surface area (TPSA) is 55.1 Å². The minimum atomic E-state index is 0.0190. The van der Waals surface area contributed by atoms with E-state index in [0.717, 1.165) is 24.1 Å². The van der Waals surface area contributed by atoms with Gasteiger partial charge in [0.05, 0.1) is 12.2 Å². The lowest BCUT2D eigenvalue weighted by Crippen LogP contribution is -2.20. The molecule has 0 radical (unpaired) electrons. The number of carbonyl (C=O) groups is 1. The Balaban J connectivity index is 2.81. The van der Waals surface area contributed by atoms with Crippen LogP contribution in [0.25, 0.3) is 0 Å². The van der Waals surface area contributed by atoms with Crippen molar-refractivity contribution in [2.24, 2.45) is 11.7 Å². The van der Waals surface area contributed by atoms with Crippen molar-refractivity contribution < 1.29 is 4.79 Å². The first-order valence-electron chi connectivity index (χ1n) is 6.27. The minimum absolute atomic E-state index is 0.0190. The van der Waals surface area contributed by atoms with Crippen molar-refractivity contribution in [2.75, 3.05) is 11.9 Å². The summed E-state index contributed by atoms with van der Waals surface area (Å²) in [6.07, 6.45) is 1.89. The summed E-state index contributed by atoms with van der Waals surface area (Å²) in [5.41, 5.74) is 6.92. The molecule has 1 aromatic carbocycles. The monoisotopic (exact) mass is 244 g/mol. The van der Waals surface area contributed by atoms with E-state index in [9.17, 15) is 4.79 Å². The average Bonchev–Trinajstić information content (AvgIpc) is 2.38. The van der Waals surface area contributed by atoms with Gasteiger partial charge in [0.1, 0.15) is 0 Å². The fourth-order valence-electron chi connectivity index (χ4n) is 1.67. The van der Waals surface area contributed by atoms with Gasteiger partial charge >= 0.3 is 0 Å². The lowest BCUT2D eigenvalue weighted by atomic mass is 10.0. The van der Waals surface area contributed by atoms with Crippen molar-refractivity contribution >= 4 is 11.6 Å². The average molecular weight is 244 g/mol. The largest absolute Gasteiger partial charge is 0.325 e. The van der Waals surface area contributed by atoms with Gasteiger partial charge in [0, 0.05) is 11.5 Å². The first kappa shape index (κ1) is 14.3. The van der Waals surface area contributed by atoms with Gasteiger partial charge in [-0.1, -0.05) is 44.2 Å². The summed E-state index contributed by atoms with van der Waals surface area (Å²) in [5.74, 6) is 5.82. The van der Waals surface area contributed by atoms with Gasteiger partial charge in [-0.3, -0.25) is 4.79 Å². The molecule has 1 unspecified atom stereocenters. The van der Waals surface area contributed by atoms with E-state index in [1.807, 2.05) is 31.2 Å². The SMILES string of the molecule is CCCC(C)C(=O)Nc1ccccc1C#CCN. The smallest absolute Gasteiger partial charge is 0.227 e. The normalized spacial score (nSPS) is 11.3. The number of benzene rings is 1. The molecule has 0 saturated heterocycles. The van der Waals surface area contributed by atoms with E-state index in [1.54, 1.807) is 0 Å². The van der Waals surface area contributed by atoms with Gasteiger partial charge in [0.15, 0.2) is 0 Å². The Labute approximate surface area is 109 Å². The molecule has 3 N–H and O–H groups in total. The van der Waals surface area contributed by atoms with Gasteiger partial charge in [0.2, 0.25) is 5.91 Å². The van der Waals surface area contributed by atoms with Crippen LogP contribution >= 0.6 is 0 Å². The zero-order valence-corrected chi connectivity index (χ0v) is 11.0. The maximum atomic E-state index is 11.9. The number of rotatable bonds is 4. The van der Waals surface area contributed by atoms with E-state index < -0.39 is 0 Å². The number of anilines is 1. The number of hydrogen-bond donors (Lipinski definition) is 2. The van der Waals surface area contributed by atoms with Crippen LogP contribution < -0.4 is 11.1 Å². The van der Waals surface area contributed by atoms with Crippen LogP contribution in [-0.4, -0.2) is 12.5 Å². The summed E-state index contributed by atoms with van der Waals surface area (Å²) in [6.45, 7) is 4.33. The van der Waals surface area contributed by atoms with E-state index in [4.69, 9.17) is 5.73 Å². The van der Waals surface area contributed by atoms with Gasteiger partial charge in [-0.25, -0.2) is 0 Å². The number of amides is 1. The second-order valence-corrected chi connectivity index (χ2v) is 4.23. The van der Waals surface area contributed by atoms with Gasteiger partial charge < -0.3 is 11.1 Å². The third kappa shape index (κ3) is 4.23. The van der Waals surface area contributed by atoms with Gasteiger partial charge in [-0.15, -0.1) is 0 Å². The van der Waals surface area contributed by atoms with Crippen LogP contribution in [0.4, 0.5) is 5.69 Å². The highest BCUT2D eigenvalue weighted by atomic mass is 16.1. The highest BCUT2D eigenvalue weighted by Crippen LogP contribution is 2.16. The van der Waals surface area contributed by atoms with Gasteiger partial charge in [-0.2, -0.15) is 0 Å². The van der Waals surface area contributed by atoms with Crippen LogP contribution in [0.5, 0.6) is 0 Å². The van der Waals surface area contributed by atoms with Crippen molar-refractivity contribution in [3.63, 3.8) is 0 Å². The number of carbonyl (C=O) groups excluding carboxylic acids is 1. The van der Waals surface area contributed by atoms with E-state index >= 15 is 0 Å². The first-order chi connectivity index (χ1) is 8.69. The molecule has 3 heteroatoms. The molecule has 96 valence electrons. The van der Waals surface area contributed by atoms with Crippen molar-refractivity contribution in [1.82, 2.24) is 0 Å². The Kier molecular flexibility index (Phi) is 5.96. The number of nitrogens with one attached hydrogen (secondary N) is 1. The van der Waals surface area contributed by atoms with Crippen LogP contribution in [0.3, 0.4) is 0 Å². The van der Waals surface area contributed by atoms with Crippen molar-refractivity contribution in [3.8, 4) is 11.8 Å². The molecule has 0 aliphatic heterocycles. The summed E-state index contributed by atoms with van der Waals surface area (Å²) in [5, 5.41) is 2.92. The van der Waals surface area contributed by atoms with E-state index in [0.29, 0.717) is 6.54 Å². The maximum Gasteiger partial charge on any atom is 0.227 e. The Hall–Kier alpha value is -1.79. The number of nitrogens with two attached hydrogens (primary N) is 1. The lowest BCUT2D eigenvalue weighted by molar-refractivity contribution is -0.119. The van der Waals surface area contributed by atoms with Crippen LogP contribution in [0.15, 0.2) is 24.3 Å². The van der Waals surface area contributed by atoms with Crippen molar-refractivity contribution in [3.05, 3.63) is 29.8 Å². The molecular weight excluding hydrogens is 224 g/mol. The molecule has 0 bridgehead atoms. The summed E-state index contributed by atoms with van der Waals surface area (Å²) >= 11 is 0. The second kappa shape index (κ2) is 7.52. The maximum absolute atomic E-state index is 11.9. The predicted octanol–water partition coefficient (Wildman–Crippen LogP) is 2.37. The standard InChI is InChI=1S/C15H20N2O/c1-3-7-12(2)15(18)17-14-10-5-4-8-13(14)9-6-11-16/h4-5,8,10,12H,3,7,11,16H2,1-2H3,(H,17,18). The van der Waals surface area contributed by atoms with Crippen LogP contribution in [0.1, 0.15) is 32.3 Å². The molecular formula is C15H20N2O. The van der Waals surface area contributed by atoms with Crippen molar-refractivity contribution in [2.45, 2.75) is 26.7 Å². The summed E-state index contributed by atoms with van der Waals surface area (Å²) in [4.78, 5) is 11.9. The quantitative estimate of drug-likeness (QED) is 0.799. The van der Waals surface area contributed by atoms with Crippen LogP contribution in [0, 0.1) is 17.8 Å². The molecule has 0 aromatic heterocycles. The Bertz CT molecular complexity index is 457. The molecule has 1 amide bonds. The van der Waals surface area contributed by atoms with E-state index in [1.165, 1.54) is 0 Å². The molecule has 0 saturated carbocycles. The molecule has 0 fully saturated rings. The third-order valence-corrected chi connectivity index (χ3v) is 2.68. The second-order valence-electron chi connectivity index (χ2n) is 4.23. The van der Waals surface area contributed by atoms with Gasteiger partial charge in [-0.05, 0) is 18.6 Å². The van der Waals surface area contributed by atoms with Crippen LogP contribution in [-0.2, 0) is 4.79 Å². The summed E-state index contributed by atoms with van der Waals surface area (Å²) in [6, 6.07) is 7.51. The summed E-state index contributed by atoms with van der Waals surface area (Å²) < 4.78 is 0. The Morgan fingerprint density at radius 3 is 2.83 bits per heavy atom. The molecule has 0 spiro atoms. The highest BCUT2D eigenvalue weighted by Gasteiger charge is 2.12. The molecule has 1 atom stereocenters. The molecule has 18 heavy (non-hydrogen) atoms. The summed E-state index contributed by atoms with van der Waals surface area (Å²) in [7, 11) is 0. The predicted molar refractivity (Wildman–Crippen MR) is 75.1 cm³/mol. The Morgan fingerprint density at radius 1 is 1.44 bits per heavy atom. The molecule has 1 rings (SSSR count). The van der Waals surface area contributed by atoms with Gasteiger partial charge in [0.25, 0.3) is 0 Å². The lowest BCUT2D eigenvalue weighted by Gasteiger charge is -2.12. The fourth-order valence-corrected chi connectivity index (χ4v) is 1.67. The van der Waals surface area contributed by atoms with E-state index in [-0.39, 0.29) is 11.8 Å². The highest BCUT2D eigenvalue weighted by molar-refractivity contribution is 5.93. The third-order valence-electron chi connectivity index (χ3n) is 2.68.